The van der Waals surface area contributed by atoms with E-state index in [-0.39, 0.29) is 0 Å². The van der Waals surface area contributed by atoms with Gasteiger partial charge in [-0.05, 0) is 18.2 Å². The second kappa shape index (κ2) is 3.75. The van der Waals surface area contributed by atoms with Crippen molar-refractivity contribution in [3.05, 3.63) is 41.7 Å². The molecule has 3 rings (SSSR count). The molecule has 0 aliphatic carbocycles. The first kappa shape index (κ1) is 10.1. The molecule has 4 nitrogen and oxygen atoms in total. The molecule has 0 saturated heterocycles. The fourth-order valence-electron chi connectivity index (χ4n) is 1.75. The number of aromatic nitrogens is 3. The van der Waals surface area contributed by atoms with Crippen molar-refractivity contribution in [1.29, 1.82) is 0 Å². The predicted molar refractivity (Wildman–Crippen MR) is 68.7 cm³/mol. The van der Waals surface area contributed by atoms with Crippen molar-refractivity contribution in [1.82, 2.24) is 15.0 Å². The van der Waals surface area contributed by atoms with E-state index in [1.807, 2.05) is 24.3 Å². The van der Waals surface area contributed by atoms with Crippen LogP contribution in [0.4, 0.5) is 5.69 Å². The van der Waals surface area contributed by atoms with E-state index in [1.165, 1.54) is 0 Å². The van der Waals surface area contributed by atoms with Crippen LogP contribution in [0.3, 0.4) is 0 Å². The number of imidazole rings is 1. The first-order valence-corrected chi connectivity index (χ1v) is 5.47. The fourth-order valence-corrected chi connectivity index (χ4v) is 1.96. The minimum Gasteiger partial charge on any atom is -0.397 e. The first-order chi connectivity index (χ1) is 8.25. The number of H-pyrrole nitrogens is 1. The maximum atomic E-state index is 6.07. The first-order valence-electron chi connectivity index (χ1n) is 5.10. The van der Waals surface area contributed by atoms with E-state index in [0.717, 1.165) is 16.6 Å². The number of hydrogen-bond donors (Lipinski definition) is 2. The van der Waals surface area contributed by atoms with Gasteiger partial charge in [0.2, 0.25) is 0 Å². The largest absolute Gasteiger partial charge is 0.397 e. The number of para-hydroxylation sites is 1. The Morgan fingerprint density at radius 1 is 1.24 bits per heavy atom. The van der Waals surface area contributed by atoms with Crippen LogP contribution >= 0.6 is 11.6 Å². The number of rotatable bonds is 1. The molecule has 5 heteroatoms. The lowest BCUT2D eigenvalue weighted by molar-refractivity contribution is 1.28. The molecule has 2 heterocycles. The molecule has 0 saturated carbocycles. The number of nitrogens with zero attached hydrogens (tertiary/aromatic N) is 2. The molecule has 17 heavy (non-hydrogen) atoms. The van der Waals surface area contributed by atoms with Gasteiger partial charge in [-0.25, -0.2) is 4.98 Å². The van der Waals surface area contributed by atoms with Gasteiger partial charge in [-0.3, -0.25) is 4.98 Å². The highest BCUT2D eigenvalue weighted by molar-refractivity contribution is 6.33. The van der Waals surface area contributed by atoms with Gasteiger partial charge in [0.15, 0.2) is 0 Å². The molecule has 0 spiro atoms. The molecule has 0 bridgehead atoms. The van der Waals surface area contributed by atoms with Gasteiger partial charge < -0.3 is 10.7 Å². The molecule has 84 valence electrons. The number of aromatic amines is 1. The number of pyridine rings is 1. The molecule has 0 aliphatic heterocycles. The van der Waals surface area contributed by atoms with Crippen molar-refractivity contribution in [2.75, 3.05) is 5.73 Å². The van der Waals surface area contributed by atoms with Crippen LogP contribution in [0, 0.1) is 0 Å². The Balaban J connectivity index is 2.26. The summed E-state index contributed by atoms with van der Waals surface area (Å²) in [6, 6.07) is 7.45. The minimum atomic E-state index is 0.560. The zero-order valence-electron chi connectivity index (χ0n) is 8.81. The summed E-state index contributed by atoms with van der Waals surface area (Å²) in [7, 11) is 0. The van der Waals surface area contributed by atoms with Gasteiger partial charge in [0.1, 0.15) is 11.3 Å². The molecule has 2 aromatic heterocycles. The standard InChI is InChI=1S/C12H9ClN4/c13-8-6-15-5-4-7(8)12-16-10-3-1-2-9(14)11(10)17-12/h1-6H,14H2,(H,16,17). The summed E-state index contributed by atoms with van der Waals surface area (Å²) in [5.41, 5.74) is 8.98. The number of nitrogen functional groups attached to an aromatic ring is 1. The molecule has 0 aliphatic rings. The highest BCUT2D eigenvalue weighted by Gasteiger charge is 2.09. The predicted octanol–water partition coefficient (Wildman–Crippen LogP) is 2.86. The molecular formula is C12H9ClN4. The third-order valence-corrected chi connectivity index (χ3v) is 2.87. The second-order valence-electron chi connectivity index (χ2n) is 3.68. The lowest BCUT2D eigenvalue weighted by Gasteiger charge is -1.97. The zero-order chi connectivity index (χ0) is 11.8. The molecule has 0 radical (unpaired) electrons. The summed E-state index contributed by atoms with van der Waals surface area (Å²) >= 11 is 6.07. The van der Waals surface area contributed by atoms with Crippen LogP contribution in [-0.2, 0) is 0 Å². The number of nitrogens with two attached hydrogens (primary N) is 1. The van der Waals surface area contributed by atoms with Crippen LogP contribution in [-0.4, -0.2) is 15.0 Å². The molecule has 0 atom stereocenters. The Labute approximate surface area is 102 Å². The molecule has 3 N–H and O–H groups in total. The number of fused-ring (bicyclic) bond motifs is 1. The van der Waals surface area contributed by atoms with E-state index in [9.17, 15) is 0 Å². The van der Waals surface area contributed by atoms with E-state index < -0.39 is 0 Å². The average Bonchev–Trinajstić information content (AvgIpc) is 2.75. The highest BCUT2D eigenvalue weighted by atomic mass is 35.5. The number of nitrogens with one attached hydrogen (secondary N) is 1. The van der Waals surface area contributed by atoms with Crippen molar-refractivity contribution >= 4 is 28.3 Å². The quantitative estimate of drug-likeness (QED) is 0.647. The number of benzene rings is 1. The van der Waals surface area contributed by atoms with Gasteiger partial charge in [0, 0.05) is 18.0 Å². The summed E-state index contributed by atoms with van der Waals surface area (Å²) < 4.78 is 0. The summed E-state index contributed by atoms with van der Waals surface area (Å²) in [6.45, 7) is 0. The molecule has 3 aromatic rings. The fraction of sp³-hybridized carbons (Fsp3) is 0. The lowest BCUT2D eigenvalue weighted by atomic mass is 10.2. The van der Waals surface area contributed by atoms with Crippen molar-refractivity contribution in [2.24, 2.45) is 0 Å². The Morgan fingerprint density at radius 2 is 2.12 bits per heavy atom. The minimum absolute atomic E-state index is 0.560. The summed E-state index contributed by atoms with van der Waals surface area (Å²) in [5.74, 6) is 0.699. The third-order valence-electron chi connectivity index (χ3n) is 2.57. The van der Waals surface area contributed by atoms with Crippen LogP contribution < -0.4 is 5.73 Å². The number of hydrogen-bond acceptors (Lipinski definition) is 3. The van der Waals surface area contributed by atoms with Crippen LogP contribution in [0.15, 0.2) is 36.7 Å². The van der Waals surface area contributed by atoms with E-state index in [2.05, 4.69) is 15.0 Å². The smallest absolute Gasteiger partial charge is 0.140 e. The maximum Gasteiger partial charge on any atom is 0.140 e. The van der Waals surface area contributed by atoms with Crippen molar-refractivity contribution in [3.8, 4) is 11.4 Å². The van der Waals surface area contributed by atoms with Gasteiger partial charge in [-0.2, -0.15) is 0 Å². The van der Waals surface area contributed by atoms with Gasteiger partial charge >= 0.3 is 0 Å². The van der Waals surface area contributed by atoms with E-state index in [0.29, 0.717) is 16.5 Å². The normalized spacial score (nSPS) is 10.9. The Bertz CT molecular complexity index is 690. The lowest BCUT2D eigenvalue weighted by Crippen LogP contribution is -1.85. The van der Waals surface area contributed by atoms with E-state index in [4.69, 9.17) is 17.3 Å². The Hall–Kier alpha value is -2.07. The van der Waals surface area contributed by atoms with Crippen LogP contribution in [0.5, 0.6) is 0 Å². The third kappa shape index (κ3) is 1.62. The van der Waals surface area contributed by atoms with E-state index >= 15 is 0 Å². The average molecular weight is 245 g/mol. The second-order valence-corrected chi connectivity index (χ2v) is 4.09. The van der Waals surface area contributed by atoms with Gasteiger partial charge in [-0.1, -0.05) is 17.7 Å². The topological polar surface area (TPSA) is 67.6 Å². The van der Waals surface area contributed by atoms with Crippen molar-refractivity contribution < 1.29 is 0 Å². The van der Waals surface area contributed by atoms with Crippen LogP contribution in [0.25, 0.3) is 22.4 Å². The molecular weight excluding hydrogens is 236 g/mol. The van der Waals surface area contributed by atoms with Gasteiger partial charge in [0.25, 0.3) is 0 Å². The highest BCUT2D eigenvalue weighted by Crippen LogP contribution is 2.27. The van der Waals surface area contributed by atoms with Crippen LogP contribution in [0.1, 0.15) is 0 Å². The SMILES string of the molecule is Nc1cccc2[nH]c(-c3ccncc3Cl)nc12. The molecule has 0 fully saturated rings. The summed E-state index contributed by atoms with van der Waals surface area (Å²) in [6.07, 6.45) is 3.27. The number of anilines is 1. The van der Waals surface area contributed by atoms with Gasteiger partial charge in [0.05, 0.1) is 16.2 Å². The molecule has 1 aromatic carbocycles. The Kier molecular flexibility index (Phi) is 2.23. The molecule has 0 amide bonds. The summed E-state index contributed by atoms with van der Waals surface area (Å²) in [4.78, 5) is 11.6. The van der Waals surface area contributed by atoms with Crippen molar-refractivity contribution in [2.45, 2.75) is 0 Å². The number of halogens is 1. The zero-order valence-corrected chi connectivity index (χ0v) is 9.57. The van der Waals surface area contributed by atoms with Gasteiger partial charge in [-0.15, -0.1) is 0 Å². The monoisotopic (exact) mass is 244 g/mol. The Morgan fingerprint density at radius 3 is 2.88 bits per heavy atom. The van der Waals surface area contributed by atoms with Crippen molar-refractivity contribution in [3.63, 3.8) is 0 Å². The van der Waals surface area contributed by atoms with Crippen LogP contribution in [0.2, 0.25) is 5.02 Å². The molecule has 0 unspecified atom stereocenters. The van der Waals surface area contributed by atoms with E-state index in [1.54, 1.807) is 12.4 Å². The maximum absolute atomic E-state index is 6.07. The summed E-state index contributed by atoms with van der Waals surface area (Å²) in [5, 5.41) is 0.560.